The van der Waals surface area contributed by atoms with Crippen LogP contribution in [0.5, 0.6) is 0 Å². The van der Waals surface area contributed by atoms with E-state index in [2.05, 4.69) is 5.32 Å². The number of hydrogen-bond donors (Lipinski definition) is 3. The first-order valence-corrected chi connectivity index (χ1v) is 7.16. The number of aliphatic hydroxyl groups is 1. The second kappa shape index (κ2) is 7.43. The molecule has 8 heteroatoms. The molecule has 1 aromatic heterocycles. The zero-order valence-electron chi connectivity index (χ0n) is 13.2. The van der Waals surface area contributed by atoms with E-state index in [0.29, 0.717) is 17.3 Å². The second-order valence-electron chi connectivity index (χ2n) is 5.25. The quantitative estimate of drug-likeness (QED) is 0.422. The summed E-state index contributed by atoms with van der Waals surface area (Å²) in [6.07, 6.45) is 2.09. The first kappa shape index (κ1) is 17.9. The lowest BCUT2D eigenvalue weighted by Crippen LogP contribution is -2.10. The zero-order chi connectivity index (χ0) is 18.6. The smallest absolute Gasteiger partial charge is 0.376 e. The van der Waals surface area contributed by atoms with Crippen molar-refractivity contribution in [3.63, 3.8) is 0 Å². The Morgan fingerprint density at radius 1 is 1.20 bits per heavy atom. The summed E-state index contributed by atoms with van der Waals surface area (Å²) in [4.78, 5) is 33.1. The highest BCUT2D eigenvalue weighted by Gasteiger charge is 2.15. The van der Waals surface area contributed by atoms with Crippen LogP contribution in [0.15, 0.2) is 42.6 Å². The van der Waals surface area contributed by atoms with E-state index in [-0.39, 0.29) is 18.1 Å². The molecule has 1 amide bonds. The molecule has 2 rings (SSSR count). The second-order valence-corrected chi connectivity index (χ2v) is 5.25. The fourth-order valence-electron chi connectivity index (χ4n) is 2.17. The Morgan fingerprint density at radius 3 is 2.40 bits per heavy atom. The van der Waals surface area contributed by atoms with Gasteiger partial charge in [0.2, 0.25) is 5.91 Å². The molecular weight excluding hydrogens is 331 g/mol. The number of aromatic nitrogens is 1. The van der Waals surface area contributed by atoms with Crippen molar-refractivity contribution in [3.8, 4) is 0 Å². The highest BCUT2D eigenvalue weighted by Crippen LogP contribution is 2.22. The molecule has 0 spiro atoms. The number of nitrogens with one attached hydrogen (secondary N) is 1. The lowest BCUT2D eigenvalue weighted by atomic mass is 10.2. The van der Waals surface area contributed by atoms with Gasteiger partial charge < -0.3 is 20.1 Å². The van der Waals surface area contributed by atoms with E-state index in [4.69, 9.17) is 5.11 Å². The van der Waals surface area contributed by atoms with Crippen LogP contribution in [0.2, 0.25) is 0 Å². The molecule has 0 saturated heterocycles. The van der Waals surface area contributed by atoms with Crippen molar-refractivity contribution < 1.29 is 29.0 Å². The molecular formula is C17H15FN2O5. The number of aliphatic carboxylic acids is 1. The molecule has 0 radical (unpaired) electrons. The maximum Gasteiger partial charge on any atom is 0.376 e. The van der Waals surface area contributed by atoms with Crippen LogP contribution >= 0.6 is 0 Å². The minimum atomic E-state index is -1.70. The van der Waals surface area contributed by atoms with Crippen molar-refractivity contribution in [2.45, 2.75) is 13.5 Å². The SMILES string of the molecule is CC(=O)Nc1cc(C(O)=CC(=O)C(=O)O)n(Cc2ccc(F)cc2)c1. The van der Waals surface area contributed by atoms with Crippen LogP contribution in [0.25, 0.3) is 5.76 Å². The number of hydrogen-bond acceptors (Lipinski definition) is 4. The Labute approximate surface area is 142 Å². The van der Waals surface area contributed by atoms with E-state index < -0.39 is 23.3 Å². The van der Waals surface area contributed by atoms with E-state index in [1.807, 2.05) is 0 Å². The standard InChI is InChI=1S/C17H15FN2O5/c1-10(21)19-13-6-14(15(22)7-16(23)17(24)25)20(9-13)8-11-2-4-12(18)5-3-11/h2-7,9,22H,8H2,1H3,(H,19,21)(H,24,25). The Kier molecular flexibility index (Phi) is 5.33. The minimum Gasteiger partial charge on any atom is -0.506 e. The summed E-state index contributed by atoms with van der Waals surface area (Å²) in [5.41, 5.74) is 1.18. The third-order valence-electron chi connectivity index (χ3n) is 3.22. The summed E-state index contributed by atoms with van der Waals surface area (Å²) in [5.74, 6) is -4.29. The maximum absolute atomic E-state index is 13.0. The molecule has 0 saturated carbocycles. The number of nitrogens with zero attached hydrogens (tertiary/aromatic N) is 1. The zero-order valence-corrected chi connectivity index (χ0v) is 13.2. The number of carboxylic acids is 1. The van der Waals surface area contributed by atoms with Gasteiger partial charge in [0.15, 0.2) is 0 Å². The third kappa shape index (κ3) is 4.77. The first-order valence-electron chi connectivity index (χ1n) is 7.16. The molecule has 0 bridgehead atoms. The number of anilines is 1. The predicted octanol–water partition coefficient (Wildman–Crippen LogP) is 2.19. The van der Waals surface area contributed by atoms with Crippen molar-refractivity contribution in [2.24, 2.45) is 0 Å². The van der Waals surface area contributed by atoms with Crippen LogP contribution < -0.4 is 5.32 Å². The lowest BCUT2D eigenvalue weighted by molar-refractivity contribution is -0.146. The van der Waals surface area contributed by atoms with Gasteiger partial charge in [-0.05, 0) is 23.8 Å². The van der Waals surface area contributed by atoms with E-state index in [0.717, 1.165) is 0 Å². The molecule has 0 fully saturated rings. The van der Waals surface area contributed by atoms with Gasteiger partial charge in [-0.25, -0.2) is 9.18 Å². The summed E-state index contributed by atoms with van der Waals surface area (Å²) in [7, 11) is 0. The summed E-state index contributed by atoms with van der Waals surface area (Å²) in [5, 5.41) is 21.2. The van der Waals surface area contributed by atoms with Gasteiger partial charge in [-0.1, -0.05) is 12.1 Å². The molecule has 1 heterocycles. The predicted molar refractivity (Wildman–Crippen MR) is 87.5 cm³/mol. The molecule has 3 N–H and O–H groups in total. The number of aliphatic hydroxyl groups excluding tert-OH is 1. The molecule has 130 valence electrons. The van der Waals surface area contributed by atoms with Gasteiger partial charge in [0.05, 0.1) is 11.4 Å². The molecule has 0 aliphatic heterocycles. The molecule has 0 aliphatic carbocycles. The number of carbonyl (C=O) groups excluding carboxylic acids is 2. The summed E-state index contributed by atoms with van der Waals surface area (Å²) >= 11 is 0. The van der Waals surface area contributed by atoms with Crippen molar-refractivity contribution in [1.29, 1.82) is 0 Å². The van der Waals surface area contributed by atoms with Gasteiger partial charge in [0, 0.05) is 25.7 Å². The van der Waals surface area contributed by atoms with Gasteiger partial charge in [0.1, 0.15) is 11.6 Å². The van der Waals surface area contributed by atoms with Crippen LogP contribution in [0.1, 0.15) is 18.2 Å². The van der Waals surface area contributed by atoms with Crippen LogP contribution in [0.4, 0.5) is 10.1 Å². The Morgan fingerprint density at radius 2 is 1.84 bits per heavy atom. The summed E-state index contributed by atoms with van der Waals surface area (Å²) in [6, 6.07) is 7.03. The highest BCUT2D eigenvalue weighted by molar-refractivity contribution is 6.38. The van der Waals surface area contributed by atoms with Crippen LogP contribution in [0.3, 0.4) is 0 Å². The van der Waals surface area contributed by atoms with Crippen molar-refractivity contribution in [1.82, 2.24) is 4.57 Å². The van der Waals surface area contributed by atoms with Crippen molar-refractivity contribution in [2.75, 3.05) is 5.32 Å². The van der Waals surface area contributed by atoms with E-state index in [1.54, 1.807) is 12.1 Å². The number of benzene rings is 1. The maximum atomic E-state index is 13.0. The Balaban J connectivity index is 2.40. The van der Waals surface area contributed by atoms with E-state index in [1.165, 1.54) is 35.9 Å². The third-order valence-corrected chi connectivity index (χ3v) is 3.22. The van der Waals surface area contributed by atoms with Crippen LogP contribution in [0, 0.1) is 5.82 Å². The molecule has 0 atom stereocenters. The largest absolute Gasteiger partial charge is 0.506 e. The molecule has 7 nitrogen and oxygen atoms in total. The number of ketones is 1. The molecule has 0 aliphatic rings. The van der Waals surface area contributed by atoms with E-state index in [9.17, 15) is 23.9 Å². The fourth-order valence-corrected chi connectivity index (χ4v) is 2.17. The highest BCUT2D eigenvalue weighted by atomic mass is 19.1. The molecule has 0 unspecified atom stereocenters. The topological polar surface area (TPSA) is 109 Å². The van der Waals surface area contributed by atoms with Gasteiger partial charge in [-0.2, -0.15) is 0 Å². The number of carboxylic acid groups (broad SMARTS) is 1. The average molecular weight is 346 g/mol. The normalized spacial score (nSPS) is 11.2. The van der Waals surface area contributed by atoms with Crippen LogP contribution in [-0.4, -0.2) is 32.4 Å². The molecule has 25 heavy (non-hydrogen) atoms. The number of carbonyl (C=O) groups is 3. The van der Waals surface area contributed by atoms with Gasteiger partial charge in [-0.15, -0.1) is 0 Å². The first-order chi connectivity index (χ1) is 11.8. The average Bonchev–Trinajstić information content (AvgIpc) is 2.91. The van der Waals surface area contributed by atoms with Crippen LogP contribution in [-0.2, 0) is 20.9 Å². The number of amides is 1. The monoisotopic (exact) mass is 346 g/mol. The summed E-state index contributed by atoms with van der Waals surface area (Å²) in [6.45, 7) is 1.51. The number of rotatable bonds is 6. The van der Waals surface area contributed by atoms with Crippen molar-refractivity contribution >= 4 is 29.1 Å². The fraction of sp³-hybridized carbons (Fsp3) is 0.118. The Hall–Kier alpha value is -3.42. The van der Waals surface area contributed by atoms with Gasteiger partial charge in [-0.3, -0.25) is 9.59 Å². The van der Waals surface area contributed by atoms with Gasteiger partial charge in [0.25, 0.3) is 5.78 Å². The van der Waals surface area contributed by atoms with Gasteiger partial charge >= 0.3 is 5.97 Å². The summed E-state index contributed by atoms with van der Waals surface area (Å²) < 4.78 is 14.5. The lowest BCUT2D eigenvalue weighted by Gasteiger charge is -2.08. The van der Waals surface area contributed by atoms with E-state index >= 15 is 0 Å². The molecule has 1 aromatic carbocycles. The van der Waals surface area contributed by atoms with Crippen molar-refractivity contribution in [3.05, 3.63) is 59.7 Å². The number of halogens is 1. The minimum absolute atomic E-state index is 0.127. The Bertz CT molecular complexity index is 852. The molecule has 2 aromatic rings.